The van der Waals surface area contributed by atoms with E-state index in [9.17, 15) is 26.3 Å². The molecule has 1 aliphatic heterocycles. The number of imidazole rings is 1. The minimum absolute atomic E-state index is 0.00172. The maximum absolute atomic E-state index is 14.1. The molecule has 1 aromatic carbocycles. The zero-order valence-corrected chi connectivity index (χ0v) is 15.6. The molecule has 1 unspecified atom stereocenters. The summed E-state index contributed by atoms with van der Waals surface area (Å²) in [5.41, 5.74) is 7.24. The molecule has 2 aromatic rings. The molecule has 2 N–H and O–H groups in total. The average Bonchev–Trinajstić information content (AvgIpc) is 3.18. The Kier molecular flexibility index (Phi) is 4.89. The van der Waals surface area contributed by atoms with E-state index in [-0.39, 0.29) is 11.6 Å². The summed E-state index contributed by atoms with van der Waals surface area (Å²) in [4.78, 5) is 5.78. The van der Waals surface area contributed by atoms with E-state index in [1.165, 1.54) is 7.05 Å². The summed E-state index contributed by atoms with van der Waals surface area (Å²) < 4.78 is 81.0. The van der Waals surface area contributed by atoms with E-state index in [1.54, 1.807) is 0 Å². The van der Waals surface area contributed by atoms with Gasteiger partial charge in [-0.15, -0.1) is 0 Å². The largest absolute Gasteiger partial charge is 0.449 e. The minimum Gasteiger partial charge on any atom is -0.327 e. The Hall–Kier alpha value is -2.07. The zero-order valence-electron chi connectivity index (χ0n) is 15.6. The second kappa shape index (κ2) is 7.02. The molecule has 0 radical (unpaired) electrons. The van der Waals surface area contributed by atoms with Crippen LogP contribution in [0.3, 0.4) is 0 Å². The molecule has 1 aromatic heterocycles. The average molecular weight is 418 g/mol. The molecule has 10 heteroatoms. The van der Waals surface area contributed by atoms with Crippen LogP contribution in [0, 0.1) is 17.5 Å². The van der Waals surface area contributed by atoms with E-state index < -0.39 is 41.4 Å². The number of halogens is 6. The fraction of sp³-hybridized carbons (Fsp3) is 0.526. The number of benzene rings is 1. The highest BCUT2D eigenvalue weighted by molar-refractivity contribution is 5.27. The molecule has 1 fully saturated rings. The Balaban J connectivity index is 1.46. The lowest BCUT2D eigenvalue weighted by molar-refractivity contribution is -0.147. The first-order valence-electron chi connectivity index (χ1n) is 9.32. The van der Waals surface area contributed by atoms with Gasteiger partial charge in [0.15, 0.2) is 11.6 Å². The van der Waals surface area contributed by atoms with Gasteiger partial charge >= 0.3 is 6.18 Å². The molecule has 0 bridgehead atoms. The number of aromatic nitrogens is 2. The molecule has 2 heterocycles. The smallest absolute Gasteiger partial charge is 0.327 e. The first-order valence-corrected chi connectivity index (χ1v) is 9.32. The molecule has 0 saturated heterocycles. The van der Waals surface area contributed by atoms with Crippen molar-refractivity contribution in [1.82, 2.24) is 14.5 Å². The molecular weight excluding hydrogens is 398 g/mol. The Bertz CT molecular complexity index is 938. The standard InChI is InChI=1S/C19H20F6N4/c1-28-17-8-29(7-16(17)27-18(28)19(23,24)25)9-2-3-10(15(26)4-9)11-5-13(21)14(22)6-12(11)20/h5-6,9-10,15H,2-4,7-8,26H2,1H3/t9-,10?,15-/m0/s1. The lowest BCUT2D eigenvalue weighted by atomic mass is 9.77. The van der Waals surface area contributed by atoms with Gasteiger partial charge < -0.3 is 10.3 Å². The van der Waals surface area contributed by atoms with Gasteiger partial charge in [-0.2, -0.15) is 13.2 Å². The third-order valence-corrected chi connectivity index (χ3v) is 6.08. The Morgan fingerprint density at radius 1 is 1.03 bits per heavy atom. The lowest BCUT2D eigenvalue weighted by Crippen LogP contribution is -2.44. The van der Waals surface area contributed by atoms with Crippen LogP contribution >= 0.6 is 0 Å². The predicted molar refractivity (Wildman–Crippen MR) is 92.1 cm³/mol. The third-order valence-electron chi connectivity index (χ3n) is 6.08. The number of hydrogen-bond acceptors (Lipinski definition) is 3. The quantitative estimate of drug-likeness (QED) is 0.596. The summed E-state index contributed by atoms with van der Waals surface area (Å²) in [7, 11) is 1.35. The van der Waals surface area contributed by atoms with Gasteiger partial charge in [-0.1, -0.05) is 0 Å². The van der Waals surface area contributed by atoms with Crippen LogP contribution in [0.2, 0.25) is 0 Å². The van der Waals surface area contributed by atoms with E-state index in [2.05, 4.69) is 4.98 Å². The van der Waals surface area contributed by atoms with E-state index in [0.717, 1.165) is 10.6 Å². The van der Waals surface area contributed by atoms with Crippen LogP contribution in [0.25, 0.3) is 0 Å². The summed E-state index contributed by atoms with van der Waals surface area (Å²) >= 11 is 0. The summed E-state index contributed by atoms with van der Waals surface area (Å²) in [6.07, 6.45) is -2.93. The molecule has 2 aliphatic rings. The highest BCUT2D eigenvalue weighted by atomic mass is 19.4. The third kappa shape index (κ3) is 3.52. The van der Waals surface area contributed by atoms with Crippen molar-refractivity contribution in [2.24, 2.45) is 12.8 Å². The predicted octanol–water partition coefficient (Wildman–Crippen LogP) is 3.84. The first-order chi connectivity index (χ1) is 13.6. The van der Waals surface area contributed by atoms with Crippen LogP contribution in [0.15, 0.2) is 12.1 Å². The van der Waals surface area contributed by atoms with Crippen molar-refractivity contribution in [3.05, 3.63) is 52.4 Å². The van der Waals surface area contributed by atoms with Crippen molar-refractivity contribution in [3.8, 4) is 0 Å². The first kappa shape index (κ1) is 20.2. The summed E-state index contributed by atoms with van der Waals surface area (Å²) in [5, 5.41) is 0. The second-order valence-electron chi connectivity index (χ2n) is 7.82. The van der Waals surface area contributed by atoms with Crippen molar-refractivity contribution in [2.45, 2.75) is 56.5 Å². The molecule has 1 aliphatic carbocycles. The SMILES string of the molecule is Cn1c(C(F)(F)F)nc2c1CN([C@H]1CCC(c3cc(F)c(F)cc3F)[C@@H](N)C1)C2. The monoisotopic (exact) mass is 418 g/mol. The second-order valence-corrected chi connectivity index (χ2v) is 7.82. The number of rotatable bonds is 2. The maximum atomic E-state index is 14.1. The van der Waals surface area contributed by atoms with E-state index in [4.69, 9.17) is 5.73 Å². The number of nitrogens with two attached hydrogens (primary N) is 1. The Morgan fingerprint density at radius 3 is 2.34 bits per heavy atom. The summed E-state index contributed by atoms with van der Waals surface area (Å²) in [6.45, 7) is 0.622. The van der Waals surface area contributed by atoms with Crippen LogP contribution in [0.4, 0.5) is 26.3 Å². The topological polar surface area (TPSA) is 47.1 Å². The van der Waals surface area contributed by atoms with Crippen molar-refractivity contribution in [1.29, 1.82) is 0 Å². The van der Waals surface area contributed by atoms with Gasteiger partial charge in [0.2, 0.25) is 5.82 Å². The summed E-state index contributed by atoms with van der Waals surface area (Å²) in [6, 6.07) is 0.919. The van der Waals surface area contributed by atoms with Gasteiger partial charge in [-0.25, -0.2) is 18.2 Å². The number of hydrogen-bond donors (Lipinski definition) is 1. The molecule has 0 spiro atoms. The van der Waals surface area contributed by atoms with Crippen LogP contribution in [-0.4, -0.2) is 26.5 Å². The van der Waals surface area contributed by atoms with Crippen molar-refractivity contribution >= 4 is 0 Å². The van der Waals surface area contributed by atoms with Crippen molar-refractivity contribution in [3.63, 3.8) is 0 Å². The van der Waals surface area contributed by atoms with Crippen LogP contribution in [0.1, 0.15) is 48.0 Å². The summed E-state index contributed by atoms with van der Waals surface area (Å²) in [5.74, 6) is -4.52. The molecule has 158 valence electrons. The van der Waals surface area contributed by atoms with Gasteiger partial charge in [0.25, 0.3) is 0 Å². The number of nitrogens with zero attached hydrogens (tertiary/aromatic N) is 3. The lowest BCUT2D eigenvalue weighted by Gasteiger charge is -2.38. The molecular formula is C19H20F6N4. The zero-order chi connectivity index (χ0) is 21.1. The fourth-order valence-corrected chi connectivity index (χ4v) is 4.59. The van der Waals surface area contributed by atoms with Gasteiger partial charge in [0.05, 0.1) is 11.4 Å². The van der Waals surface area contributed by atoms with Crippen molar-refractivity contribution in [2.75, 3.05) is 0 Å². The van der Waals surface area contributed by atoms with Crippen LogP contribution in [-0.2, 0) is 26.3 Å². The number of alkyl halides is 3. The molecule has 4 rings (SSSR count). The van der Waals surface area contributed by atoms with E-state index >= 15 is 0 Å². The van der Waals surface area contributed by atoms with E-state index in [0.29, 0.717) is 49.8 Å². The Morgan fingerprint density at radius 2 is 1.72 bits per heavy atom. The molecule has 1 saturated carbocycles. The van der Waals surface area contributed by atoms with E-state index in [1.807, 2.05) is 4.90 Å². The highest BCUT2D eigenvalue weighted by Crippen LogP contribution is 2.39. The molecule has 4 nitrogen and oxygen atoms in total. The van der Waals surface area contributed by atoms with Crippen molar-refractivity contribution < 1.29 is 26.3 Å². The number of fused-ring (bicyclic) bond motifs is 1. The maximum Gasteiger partial charge on any atom is 0.449 e. The Labute approximate surface area is 163 Å². The molecule has 0 amide bonds. The van der Waals surface area contributed by atoms with Crippen LogP contribution in [0.5, 0.6) is 0 Å². The fourth-order valence-electron chi connectivity index (χ4n) is 4.59. The van der Waals surface area contributed by atoms with Gasteiger partial charge in [-0.3, -0.25) is 4.90 Å². The van der Waals surface area contributed by atoms with Gasteiger partial charge in [0, 0.05) is 44.2 Å². The van der Waals surface area contributed by atoms with Gasteiger partial charge in [-0.05, 0) is 30.9 Å². The highest BCUT2D eigenvalue weighted by Gasteiger charge is 2.42. The molecule has 29 heavy (non-hydrogen) atoms. The minimum atomic E-state index is -4.50. The van der Waals surface area contributed by atoms with Gasteiger partial charge in [0.1, 0.15) is 5.82 Å². The van der Waals surface area contributed by atoms with Crippen LogP contribution < -0.4 is 5.73 Å². The normalized spacial score (nSPS) is 25.4. The molecule has 3 atom stereocenters.